The summed E-state index contributed by atoms with van der Waals surface area (Å²) in [6.07, 6.45) is -1.83. The summed E-state index contributed by atoms with van der Waals surface area (Å²) in [5.74, 6) is 0. The summed E-state index contributed by atoms with van der Waals surface area (Å²) < 4.78 is 0. The van der Waals surface area contributed by atoms with Crippen molar-refractivity contribution >= 4 is 58.7 Å². The third-order valence-electron chi connectivity index (χ3n) is 0. The van der Waals surface area contributed by atoms with Crippen LogP contribution in [0, 0.1) is 0 Å². The predicted molar refractivity (Wildman–Crippen MR) is 22.2 cm³/mol. The molecule has 0 radical (unpaired) electrons. The Hall–Kier alpha value is 1.50. The maximum absolute atomic E-state index is 8.56. The molecule has 3 nitrogen and oxygen atoms in total. The van der Waals surface area contributed by atoms with Crippen LogP contribution >= 0.6 is 0 Å². The molecule has 0 saturated carbocycles. The van der Waals surface area contributed by atoms with E-state index in [-0.39, 0.29) is 0 Å². The Labute approximate surface area is 72.0 Å². The van der Waals surface area contributed by atoms with Crippen LogP contribution in [0.4, 0.5) is 4.79 Å². The molecule has 0 aromatic heterocycles. The summed E-state index contributed by atoms with van der Waals surface area (Å²) in [5, 5.41) is 13.9. The first-order valence-electron chi connectivity index (χ1n) is 1.65. The van der Waals surface area contributed by atoms with Gasteiger partial charge in [0.2, 0.25) is 0 Å². The van der Waals surface area contributed by atoms with Crippen molar-refractivity contribution in [3.63, 3.8) is 0 Å². The molecule has 0 aromatic carbocycles. The van der Waals surface area contributed by atoms with Gasteiger partial charge in [0.25, 0.3) is 0 Å². The van der Waals surface area contributed by atoms with Crippen LogP contribution in [0.5, 0.6) is 0 Å². The summed E-state index contributed by atoms with van der Waals surface area (Å²) >= 11 is 1.06. The van der Waals surface area contributed by atoms with Gasteiger partial charge in [-0.25, -0.2) is 4.79 Å². The molecule has 0 fully saturated rings. The van der Waals surface area contributed by atoms with Crippen LogP contribution in [0.15, 0.2) is 0 Å². The Balaban J connectivity index is 0. The van der Waals surface area contributed by atoms with E-state index in [1.54, 1.807) is 0 Å². The van der Waals surface area contributed by atoms with Crippen molar-refractivity contribution in [2.24, 2.45) is 0 Å². The predicted octanol–water partition coefficient (Wildman–Crippen LogP) is -0.539. The average molecular weight is 108 g/mol. The van der Waals surface area contributed by atoms with Crippen molar-refractivity contribution in [1.29, 1.82) is 0 Å². The molecule has 0 atom stereocenters. The molecule has 0 heterocycles. The zero-order chi connectivity index (χ0) is 5.58. The molecule has 0 aliphatic rings. The second-order valence-electron chi connectivity index (χ2n) is 0.283. The standard InChI is InChI=1S/CH2O3.K.Li/c2-1(3)4;;/h(H2,2,3,4);;. The summed E-state index contributed by atoms with van der Waals surface area (Å²) in [4.78, 5) is 8.56. The Morgan fingerprint density at radius 2 is 1.50 bits per heavy atom. The zero-order valence-corrected chi connectivity index (χ0v) is 6.93. The van der Waals surface area contributed by atoms with Gasteiger partial charge in [0.15, 0.2) is 0 Å². The van der Waals surface area contributed by atoms with E-state index in [9.17, 15) is 0 Å². The van der Waals surface area contributed by atoms with Crippen LogP contribution in [0.1, 0.15) is 0 Å². The number of hydrogen-bond donors (Lipinski definition) is 2. The molecule has 0 aliphatic heterocycles. The van der Waals surface area contributed by atoms with Gasteiger partial charge in [-0.2, -0.15) is 0 Å². The van der Waals surface area contributed by atoms with Crippen LogP contribution < -0.4 is 0 Å². The monoisotopic (exact) mass is 108 g/mol. The second-order valence-corrected chi connectivity index (χ2v) is 0.283. The molecule has 0 spiro atoms. The fourth-order valence-electron chi connectivity index (χ4n) is 0. The van der Waals surface area contributed by atoms with E-state index < -0.39 is 6.16 Å². The minimum atomic E-state index is -1.83. The molecule has 0 aromatic rings. The first-order valence-corrected chi connectivity index (χ1v) is 4.77. The van der Waals surface area contributed by atoms with Crippen molar-refractivity contribution in [1.82, 2.24) is 0 Å². The van der Waals surface area contributed by atoms with Gasteiger partial charge in [0.05, 0.1) is 0 Å². The SMILES string of the molecule is O=C(O)O.[Li][K]. The molecule has 0 rings (SSSR count). The van der Waals surface area contributed by atoms with Crippen LogP contribution in [0.25, 0.3) is 0 Å². The number of rotatable bonds is 0. The Morgan fingerprint density at radius 1 is 1.50 bits per heavy atom. The van der Waals surface area contributed by atoms with Gasteiger partial charge in [-0.05, 0) is 0 Å². The third kappa shape index (κ3) is 49.4. The van der Waals surface area contributed by atoms with E-state index in [1.165, 1.54) is 0 Å². The molecule has 6 heavy (non-hydrogen) atoms. The van der Waals surface area contributed by atoms with Crippen molar-refractivity contribution in [2.45, 2.75) is 0 Å². The van der Waals surface area contributed by atoms with E-state index >= 15 is 0 Å². The van der Waals surface area contributed by atoms with E-state index in [0.717, 1.165) is 44.7 Å². The molecule has 2 N–H and O–H groups in total. The summed E-state index contributed by atoms with van der Waals surface area (Å²) in [6.45, 7) is 0. The summed E-state index contributed by atoms with van der Waals surface area (Å²) in [7, 11) is 2.19. The third-order valence-corrected chi connectivity index (χ3v) is 0. The fourth-order valence-corrected chi connectivity index (χ4v) is 0. The molecular weight excluding hydrogens is 106 g/mol. The topological polar surface area (TPSA) is 57.5 Å². The fraction of sp³-hybridized carbons (Fsp3) is 0. The maximum atomic E-state index is 8.56. The van der Waals surface area contributed by atoms with E-state index in [0.29, 0.717) is 0 Å². The minimum absolute atomic E-state index is 1.06. The van der Waals surface area contributed by atoms with Crippen molar-refractivity contribution in [2.75, 3.05) is 0 Å². The normalized spacial score (nSPS) is 5.33. The van der Waals surface area contributed by atoms with Crippen molar-refractivity contribution in [3.05, 3.63) is 0 Å². The molecule has 0 aliphatic carbocycles. The van der Waals surface area contributed by atoms with Gasteiger partial charge >= 0.3 is 58.7 Å². The first-order chi connectivity index (χ1) is 2.73. The van der Waals surface area contributed by atoms with Crippen LogP contribution in [-0.4, -0.2) is 68.9 Å². The quantitative estimate of drug-likeness (QED) is 0.410. The van der Waals surface area contributed by atoms with Crippen LogP contribution in [0.2, 0.25) is 0 Å². The first kappa shape index (κ1) is 10.5. The average Bonchev–Trinajstić information content (AvgIpc) is 1.41. The van der Waals surface area contributed by atoms with E-state index in [1.807, 2.05) is 0 Å². The molecule has 26 valence electrons. The van der Waals surface area contributed by atoms with Gasteiger partial charge in [0, 0.05) is 0 Å². The van der Waals surface area contributed by atoms with E-state index in [4.69, 9.17) is 15.0 Å². The molecule has 0 amide bonds. The van der Waals surface area contributed by atoms with Gasteiger partial charge in [-0.3, -0.25) is 0 Å². The van der Waals surface area contributed by atoms with Crippen LogP contribution in [-0.2, 0) is 0 Å². The van der Waals surface area contributed by atoms with E-state index in [2.05, 4.69) is 7.82 Å². The van der Waals surface area contributed by atoms with Crippen LogP contribution in [0.3, 0.4) is 0 Å². The second kappa shape index (κ2) is 9.71. The Kier molecular flexibility index (Phi) is 17.0. The molecule has 0 saturated heterocycles. The molecule has 0 unspecified atom stereocenters. The number of carbonyl (C=O) groups is 1. The Bertz CT molecular complexity index is 33.8. The zero-order valence-electron chi connectivity index (χ0n) is 3.80. The molecular formula is CH2KLiO3. The van der Waals surface area contributed by atoms with Gasteiger partial charge in [-0.1, -0.05) is 0 Å². The summed E-state index contributed by atoms with van der Waals surface area (Å²) in [6, 6.07) is 0. The van der Waals surface area contributed by atoms with Gasteiger partial charge in [-0.15, -0.1) is 0 Å². The Morgan fingerprint density at radius 3 is 1.50 bits per heavy atom. The molecule has 5 heteroatoms. The molecule has 0 bridgehead atoms. The number of carboxylic acid groups (broad SMARTS) is 2. The van der Waals surface area contributed by atoms with Crippen molar-refractivity contribution < 1.29 is 15.0 Å². The summed E-state index contributed by atoms with van der Waals surface area (Å²) in [5.41, 5.74) is 0. The van der Waals surface area contributed by atoms with Gasteiger partial charge in [0.1, 0.15) is 0 Å². The van der Waals surface area contributed by atoms with Crippen molar-refractivity contribution in [3.8, 4) is 0 Å². The van der Waals surface area contributed by atoms with Gasteiger partial charge < -0.3 is 10.2 Å². The number of hydrogen-bond acceptors (Lipinski definition) is 1.